The highest BCUT2D eigenvalue weighted by atomic mass is 16.6. The second-order valence-corrected chi connectivity index (χ2v) is 5.24. The van der Waals surface area contributed by atoms with Crippen molar-refractivity contribution in [2.24, 2.45) is 0 Å². The third-order valence-corrected chi connectivity index (χ3v) is 3.43. The van der Waals surface area contributed by atoms with Crippen LogP contribution in [0.1, 0.15) is 25.6 Å². The summed E-state index contributed by atoms with van der Waals surface area (Å²) < 4.78 is 1.30. The maximum atomic E-state index is 12.3. The van der Waals surface area contributed by atoms with Gasteiger partial charge in [-0.2, -0.15) is 5.10 Å². The molecule has 1 aromatic carbocycles. The Morgan fingerprint density at radius 3 is 2.21 bits per heavy atom. The van der Waals surface area contributed by atoms with E-state index in [4.69, 9.17) is 0 Å². The number of nitro groups is 1. The first-order valence-electron chi connectivity index (χ1n) is 7.16. The number of amides is 2. The van der Waals surface area contributed by atoms with E-state index >= 15 is 0 Å². The summed E-state index contributed by atoms with van der Waals surface area (Å²) in [5.41, 5.74) is 1.34. The number of hydrogen-bond acceptors (Lipinski definition) is 5. The molecular formula is C15H17N5O4. The predicted molar refractivity (Wildman–Crippen MR) is 87.7 cm³/mol. The molecule has 1 unspecified atom stereocenters. The van der Waals surface area contributed by atoms with Crippen LogP contribution in [0.25, 0.3) is 0 Å². The van der Waals surface area contributed by atoms with Crippen molar-refractivity contribution >= 4 is 28.9 Å². The number of aromatic nitrogens is 2. The van der Waals surface area contributed by atoms with Gasteiger partial charge in [-0.25, -0.2) is 0 Å². The molecule has 2 amide bonds. The van der Waals surface area contributed by atoms with Crippen molar-refractivity contribution in [2.75, 3.05) is 10.6 Å². The molecule has 0 fully saturated rings. The van der Waals surface area contributed by atoms with Crippen molar-refractivity contribution in [3.05, 3.63) is 46.3 Å². The SMILES string of the molecule is CC(=O)Nc1ccc(NC(=O)C(C)n2ncc([N+](=O)[O-])c2C)cc1. The van der Waals surface area contributed by atoms with E-state index in [0.29, 0.717) is 17.1 Å². The maximum Gasteiger partial charge on any atom is 0.309 e. The Morgan fingerprint density at radius 2 is 1.75 bits per heavy atom. The van der Waals surface area contributed by atoms with E-state index in [1.54, 1.807) is 31.2 Å². The van der Waals surface area contributed by atoms with E-state index in [1.165, 1.54) is 18.5 Å². The summed E-state index contributed by atoms with van der Waals surface area (Å²) in [5, 5.41) is 20.1. The number of nitrogens with one attached hydrogen (secondary N) is 2. The lowest BCUT2D eigenvalue weighted by Gasteiger charge is -2.14. The van der Waals surface area contributed by atoms with Crippen molar-refractivity contribution in [1.82, 2.24) is 9.78 Å². The number of carbonyl (C=O) groups excluding carboxylic acids is 2. The van der Waals surface area contributed by atoms with Gasteiger partial charge in [0, 0.05) is 18.3 Å². The van der Waals surface area contributed by atoms with Crippen LogP contribution in [0.4, 0.5) is 17.1 Å². The van der Waals surface area contributed by atoms with Gasteiger partial charge in [-0.15, -0.1) is 0 Å². The molecule has 0 aliphatic rings. The van der Waals surface area contributed by atoms with E-state index in [9.17, 15) is 19.7 Å². The first kappa shape index (κ1) is 17.1. The third-order valence-electron chi connectivity index (χ3n) is 3.43. The molecule has 2 rings (SSSR count). The summed E-state index contributed by atoms with van der Waals surface area (Å²) in [6, 6.07) is 5.90. The molecule has 1 atom stereocenters. The standard InChI is InChI=1S/C15H17N5O4/c1-9-14(20(23)24)8-16-19(9)10(2)15(22)18-13-6-4-12(5-7-13)17-11(3)21/h4-8,10H,1-3H3,(H,17,21)(H,18,22). The normalized spacial score (nSPS) is 11.6. The van der Waals surface area contributed by atoms with Gasteiger partial charge in [0.2, 0.25) is 11.8 Å². The fourth-order valence-electron chi connectivity index (χ4n) is 2.18. The van der Waals surface area contributed by atoms with Crippen LogP contribution >= 0.6 is 0 Å². The summed E-state index contributed by atoms with van der Waals surface area (Å²) in [5.74, 6) is -0.542. The smallest absolute Gasteiger partial charge is 0.309 e. The zero-order valence-electron chi connectivity index (χ0n) is 13.4. The van der Waals surface area contributed by atoms with Crippen LogP contribution in [-0.2, 0) is 9.59 Å². The van der Waals surface area contributed by atoms with Gasteiger partial charge in [-0.1, -0.05) is 0 Å². The molecule has 1 aromatic heterocycles. The number of rotatable bonds is 5. The van der Waals surface area contributed by atoms with Gasteiger partial charge in [0.1, 0.15) is 17.9 Å². The zero-order chi connectivity index (χ0) is 17.9. The second-order valence-electron chi connectivity index (χ2n) is 5.24. The van der Waals surface area contributed by atoms with Gasteiger partial charge < -0.3 is 10.6 Å². The van der Waals surface area contributed by atoms with E-state index in [1.807, 2.05) is 0 Å². The molecular weight excluding hydrogens is 314 g/mol. The molecule has 9 nitrogen and oxygen atoms in total. The largest absolute Gasteiger partial charge is 0.326 e. The molecule has 0 aliphatic heterocycles. The highest BCUT2D eigenvalue weighted by Gasteiger charge is 2.23. The molecule has 24 heavy (non-hydrogen) atoms. The fraction of sp³-hybridized carbons (Fsp3) is 0.267. The predicted octanol–water partition coefficient (Wildman–Crippen LogP) is 2.26. The van der Waals surface area contributed by atoms with Gasteiger partial charge in [0.25, 0.3) is 0 Å². The second kappa shape index (κ2) is 6.90. The molecule has 2 N–H and O–H groups in total. The number of anilines is 2. The fourth-order valence-corrected chi connectivity index (χ4v) is 2.18. The van der Waals surface area contributed by atoms with Crippen molar-refractivity contribution in [2.45, 2.75) is 26.8 Å². The topological polar surface area (TPSA) is 119 Å². The molecule has 0 saturated heterocycles. The molecule has 0 bridgehead atoms. The summed E-state index contributed by atoms with van der Waals surface area (Å²) in [6.45, 7) is 4.55. The highest BCUT2D eigenvalue weighted by Crippen LogP contribution is 2.21. The van der Waals surface area contributed by atoms with Crippen molar-refractivity contribution in [3.63, 3.8) is 0 Å². The lowest BCUT2D eigenvalue weighted by atomic mass is 10.2. The van der Waals surface area contributed by atoms with Crippen molar-refractivity contribution < 1.29 is 14.5 Å². The summed E-state index contributed by atoms with van der Waals surface area (Å²) in [6.07, 6.45) is 1.13. The van der Waals surface area contributed by atoms with Crippen LogP contribution in [-0.4, -0.2) is 26.5 Å². The average Bonchev–Trinajstić information content (AvgIpc) is 2.89. The van der Waals surface area contributed by atoms with E-state index in [-0.39, 0.29) is 17.5 Å². The van der Waals surface area contributed by atoms with Crippen molar-refractivity contribution in [3.8, 4) is 0 Å². The molecule has 126 valence electrons. The Morgan fingerprint density at radius 1 is 1.21 bits per heavy atom. The van der Waals surface area contributed by atoms with E-state index < -0.39 is 11.0 Å². The third kappa shape index (κ3) is 3.75. The van der Waals surface area contributed by atoms with E-state index in [2.05, 4.69) is 15.7 Å². The van der Waals surface area contributed by atoms with E-state index in [0.717, 1.165) is 6.20 Å². The Balaban J connectivity index is 2.09. The number of carbonyl (C=O) groups is 2. The Labute approximate surface area is 137 Å². The number of nitrogens with zero attached hydrogens (tertiary/aromatic N) is 3. The van der Waals surface area contributed by atoms with Crippen LogP contribution in [0.15, 0.2) is 30.5 Å². The first-order valence-corrected chi connectivity index (χ1v) is 7.16. The molecule has 2 aromatic rings. The van der Waals surface area contributed by atoms with Gasteiger partial charge in [0.15, 0.2) is 0 Å². The lowest BCUT2D eigenvalue weighted by Crippen LogP contribution is -2.25. The summed E-state index contributed by atoms with van der Waals surface area (Å²) in [4.78, 5) is 33.6. The summed E-state index contributed by atoms with van der Waals surface area (Å²) in [7, 11) is 0. The maximum absolute atomic E-state index is 12.3. The molecule has 9 heteroatoms. The zero-order valence-corrected chi connectivity index (χ0v) is 13.4. The van der Waals surface area contributed by atoms with Crippen LogP contribution in [0.5, 0.6) is 0 Å². The minimum Gasteiger partial charge on any atom is -0.326 e. The van der Waals surface area contributed by atoms with Crippen LogP contribution < -0.4 is 10.6 Å². The van der Waals surface area contributed by atoms with Gasteiger partial charge in [-0.3, -0.25) is 24.4 Å². The van der Waals surface area contributed by atoms with Crippen LogP contribution in [0, 0.1) is 17.0 Å². The molecule has 0 aliphatic carbocycles. The first-order chi connectivity index (χ1) is 11.3. The minimum absolute atomic E-state index is 0.130. The Bertz CT molecular complexity index is 782. The quantitative estimate of drug-likeness (QED) is 0.643. The van der Waals surface area contributed by atoms with Gasteiger partial charge in [-0.05, 0) is 38.1 Å². The minimum atomic E-state index is -0.714. The van der Waals surface area contributed by atoms with Crippen molar-refractivity contribution in [1.29, 1.82) is 0 Å². The van der Waals surface area contributed by atoms with Crippen LogP contribution in [0.3, 0.4) is 0 Å². The summed E-state index contributed by atoms with van der Waals surface area (Å²) >= 11 is 0. The monoisotopic (exact) mass is 331 g/mol. The molecule has 1 heterocycles. The number of hydrogen-bond donors (Lipinski definition) is 2. The molecule has 0 radical (unpaired) electrons. The van der Waals surface area contributed by atoms with Crippen LogP contribution in [0.2, 0.25) is 0 Å². The highest BCUT2D eigenvalue weighted by molar-refractivity contribution is 5.94. The molecule has 0 saturated carbocycles. The van der Waals surface area contributed by atoms with Gasteiger partial charge in [0.05, 0.1) is 4.92 Å². The molecule has 0 spiro atoms. The Kier molecular flexibility index (Phi) is 4.93. The Hall–Kier alpha value is -3.23. The van der Waals surface area contributed by atoms with Gasteiger partial charge >= 0.3 is 5.69 Å². The lowest BCUT2D eigenvalue weighted by molar-refractivity contribution is -0.385. The number of benzene rings is 1. The average molecular weight is 331 g/mol.